The van der Waals surface area contributed by atoms with Crippen LogP contribution in [0.2, 0.25) is 0 Å². The molecule has 1 saturated heterocycles. The first-order valence-electron chi connectivity index (χ1n) is 7.45. The largest absolute Gasteiger partial charge is 0.324 e. The van der Waals surface area contributed by atoms with E-state index >= 15 is 0 Å². The van der Waals surface area contributed by atoms with E-state index in [1.165, 1.54) is 0 Å². The first-order valence-corrected chi connectivity index (χ1v) is 7.45. The third-order valence-corrected chi connectivity index (χ3v) is 4.10. The van der Waals surface area contributed by atoms with Gasteiger partial charge in [0.25, 0.3) is 0 Å². The molecule has 0 radical (unpaired) electrons. The molecule has 0 spiro atoms. The van der Waals surface area contributed by atoms with E-state index in [4.69, 9.17) is 4.52 Å². The summed E-state index contributed by atoms with van der Waals surface area (Å²) < 4.78 is 7.30. The molecule has 1 aliphatic rings. The van der Waals surface area contributed by atoms with Gasteiger partial charge in [0, 0.05) is 44.2 Å². The Morgan fingerprint density at radius 3 is 2.86 bits per heavy atom. The number of aryl methyl sites for hydroxylation is 2. The van der Waals surface area contributed by atoms with Crippen LogP contribution in [0.3, 0.4) is 0 Å². The summed E-state index contributed by atoms with van der Waals surface area (Å²) in [4.78, 5) is 6.65. The van der Waals surface area contributed by atoms with E-state index in [1.807, 2.05) is 24.7 Å². The zero-order valence-corrected chi connectivity index (χ0v) is 12.7. The van der Waals surface area contributed by atoms with Crippen molar-refractivity contribution in [3.8, 4) is 11.4 Å². The van der Waals surface area contributed by atoms with Crippen LogP contribution in [0.25, 0.3) is 22.3 Å². The van der Waals surface area contributed by atoms with Crippen LogP contribution in [0.1, 0.15) is 5.69 Å². The topological polar surface area (TPSA) is 72.0 Å². The molecule has 0 bridgehead atoms. The summed E-state index contributed by atoms with van der Waals surface area (Å²) in [6.07, 6.45) is 0. The third kappa shape index (κ3) is 2.14. The van der Waals surface area contributed by atoms with E-state index in [9.17, 15) is 0 Å². The summed E-state index contributed by atoms with van der Waals surface area (Å²) in [5.41, 5.74) is 3.04. The van der Waals surface area contributed by atoms with E-state index < -0.39 is 0 Å². The van der Waals surface area contributed by atoms with E-state index in [-0.39, 0.29) is 0 Å². The van der Waals surface area contributed by atoms with Crippen molar-refractivity contribution in [2.75, 3.05) is 31.1 Å². The highest BCUT2D eigenvalue weighted by Gasteiger charge is 2.18. The number of fused-ring (bicyclic) bond motifs is 1. The van der Waals surface area contributed by atoms with Crippen LogP contribution >= 0.6 is 0 Å². The standard InChI is InChI=1S/C15H18N6O/c1-10-12-4-3-11(9-13(12)20(2)18-10)14-17-15(22-19-14)21-7-5-16-6-8-21/h3-4,9,16H,5-8H2,1-2H3. The molecule has 0 aliphatic carbocycles. The number of rotatable bonds is 2. The molecule has 114 valence electrons. The molecule has 0 saturated carbocycles. The van der Waals surface area contributed by atoms with Crippen molar-refractivity contribution in [3.05, 3.63) is 23.9 Å². The zero-order chi connectivity index (χ0) is 15.1. The monoisotopic (exact) mass is 298 g/mol. The Labute approximate surface area is 127 Å². The summed E-state index contributed by atoms with van der Waals surface area (Å²) in [6.45, 7) is 5.68. The average Bonchev–Trinajstić information content (AvgIpc) is 3.14. The minimum atomic E-state index is 0.595. The zero-order valence-electron chi connectivity index (χ0n) is 12.7. The van der Waals surface area contributed by atoms with Crippen LogP contribution in [-0.4, -0.2) is 46.1 Å². The molecule has 3 aromatic rings. The Bertz CT molecular complexity index is 815. The molecule has 1 aromatic carbocycles. The SMILES string of the molecule is Cc1nn(C)c2cc(-c3noc(N4CCNCC4)n3)ccc12. The van der Waals surface area contributed by atoms with Gasteiger partial charge in [-0.1, -0.05) is 17.3 Å². The second-order valence-electron chi connectivity index (χ2n) is 5.58. The number of hydrogen-bond acceptors (Lipinski definition) is 6. The van der Waals surface area contributed by atoms with Gasteiger partial charge in [-0.3, -0.25) is 4.68 Å². The van der Waals surface area contributed by atoms with Crippen molar-refractivity contribution < 1.29 is 4.52 Å². The first kappa shape index (κ1) is 13.3. The number of hydrogen-bond donors (Lipinski definition) is 1. The Kier molecular flexibility index (Phi) is 3.07. The minimum absolute atomic E-state index is 0.595. The van der Waals surface area contributed by atoms with Gasteiger partial charge in [-0.05, 0) is 13.0 Å². The number of piperazine rings is 1. The van der Waals surface area contributed by atoms with Crippen LogP contribution in [0.15, 0.2) is 22.7 Å². The number of aromatic nitrogens is 4. The van der Waals surface area contributed by atoms with E-state index in [0.717, 1.165) is 48.3 Å². The average molecular weight is 298 g/mol. The van der Waals surface area contributed by atoms with Crippen LogP contribution in [-0.2, 0) is 7.05 Å². The van der Waals surface area contributed by atoms with E-state index in [0.29, 0.717) is 11.8 Å². The summed E-state index contributed by atoms with van der Waals surface area (Å²) >= 11 is 0. The fourth-order valence-corrected chi connectivity index (χ4v) is 2.89. The number of nitrogens with one attached hydrogen (secondary N) is 1. The van der Waals surface area contributed by atoms with Crippen LogP contribution in [0.4, 0.5) is 6.01 Å². The number of anilines is 1. The molecule has 2 aromatic heterocycles. The maximum atomic E-state index is 5.42. The lowest BCUT2D eigenvalue weighted by molar-refractivity contribution is 0.405. The molecule has 0 amide bonds. The molecule has 7 nitrogen and oxygen atoms in total. The Hall–Kier alpha value is -2.41. The summed E-state index contributed by atoms with van der Waals surface area (Å²) in [5.74, 6) is 0.620. The van der Waals surface area contributed by atoms with Crippen molar-refractivity contribution in [1.29, 1.82) is 0 Å². The molecular formula is C15H18N6O. The molecule has 3 heterocycles. The molecule has 7 heteroatoms. The quantitative estimate of drug-likeness (QED) is 0.770. The van der Waals surface area contributed by atoms with Gasteiger partial charge >= 0.3 is 6.01 Å². The molecule has 4 rings (SSSR count). The fourth-order valence-electron chi connectivity index (χ4n) is 2.89. The molecular weight excluding hydrogens is 280 g/mol. The molecule has 1 aliphatic heterocycles. The summed E-state index contributed by atoms with van der Waals surface area (Å²) in [6, 6.07) is 6.73. The molecule has 22 heavy (non-hydrogen) atoms. The van der Waals surface area contributed by atoms with Crippen LogP contribution in [0, 0.1) is 6.92 Å². The molecule has 1 fully saturated rings. The predicted molar refractivity (Wildman–Crippen MR) is 83.8 cm³/mol. The highest BCUT2D eigenvalue weighted by molar-refractivity contribution is 5.85. The lowest BCUT2D eigenvalue weighted by Crippen LogP contribution is -2.43. The van der Waals surface area contributed by atoms with Gasteiger partial charge in [-0.15, -0.1) is 0 Å². The summed E-state index contributed by atoms with van der Waals surface area (Å²) in [5, 5.41) is 13.0. The maximum absolute atomic E-state index is 5.42. The highest BCUT2D eigenvalue weighted by Crippen LogP contribution is 2.25. The lowest BCUT2D eigenvalue weighted by atomic mass is 10.1. The Morgan fingerprint density at radius 2 is 2.05 bits per heavy atom. The van der Waals surface area contributed by atoms with Gasteiger partial charge in [0.05, 0.1) is 11.2 Å². The van der Waals surface area contributed by atoms with Crippen molar-refractivity contribution in [3.63, 3.8) is 0 Å². The number of nitrogens with zero attached hydrogens (tertiary/aromatic N) is 5. The smallest absolute Gasteiger partial charge is 0.322 e. The number of benzene rings is 1. The molecule has 0 unspecified atom stereocenters. The maximum Gasteiger partial charge on any atom is 0.324 e. The van der Waals surface area contributed by atoms with Gasteiger partial charge in [0.15, 0.2) is 0 Å². The minimum Gasteiger partial charge on any atom is -0.322 e. The van der Waals surface area contributed by atoms with Gasteiger partial charge in [0.1, 0.15) is 0 Å². The first-order chi connectivity index (χ1) is 10.7. The molecule has 0 atom stereocenters. The van der Waals surface area contributed by atoms with E-state index in [1.54, 1.807) is 0 Å². The Morgan fingerprint density at radius 1 is 1.23 bits per heavy atom. The third-order valence-electron chi connectivity index (χ3n) is 4.10. The normalized spacial score (nSPS) is 15.6. The van der Waals surface area contributed by atoms with Crippen LogP contribution in [0.5, 0.6) is 0 Å². The van der Waals surface area contributed by atoms with Gasteiger partial charge in [-0.2, -0.15) is 10.1 Å². The van der Waals surface area contributed by atoms with Crippen molar-refractivity contribution in [2.45, 2.75) is 6.92 Å². The van der Waals surface area contributed by atoms with Gasteiger partial charge in [-0.25, -0.2) is 0 Å². The van der Waals surface area contributed by atoms with Crippen molar-refractivity contribution >= 4 is 16.9 Å². The van der Waals surface area contributed by atoms with E-state index in [2.05, 4.69) is 37.6 Å². The Balaban J connectivity index is 1.69. The predicted octanol–water partition coefficient (Wildman–Crippen LogP) is 1.34. The van der Waals surface area contributed by atoms with Gasteiger partial charge in [0.2, 0.25) is 5.82 Å². The fraction of sp³-hybridized carbons (Fsp3) is 0.400. The second-order valence-corrected chi connectivity index (χ2v) is 5.58. The van der Waals surface area contributed by atoms with Gasteiger partial charge < -0.3 is 14.7 Å². The van der Waals surface area contributed by atoms with Crippen LogP contribution < -0.4 is 10.2 Å². The lowest BCUT2D eigenvalue weighted by Gasteiger charge is -2.24. The van der Waals surface area contributed by atoms with Crippen molar-refractivity contribution in [2.24, 2.45) is 7.05 Å². The highest BCUT2D eigenvalue weighted by atomic mass is 16.5. The van der Waals surface area contributed by atoms with Crippen molar-refractivity contribution in [1.82, 2.24) is 25.2 Å². The molecule has 1 N–H and O–H groups in total. The second kappa shape index (κ2) is 5.10. The summed E-state index contributed by atoms with van der Waals surface area (Å²) in [7, 11) is 1.95.